The van der Waals surface area contributed by atoms with Gasteiger partial charge in [-0.15, -0.1) is 34.0 Å². The molecule has 3 heterocycles. The van der Waals surface area contributed by atoms with E-state index >= 15 is 0 Å². The molecule has 0 radical (unpaired) electrons. The van der Waals surface area contributed by atoms with E-state index in [0.29, 0.717) is 11.1 Å². The maximum Gasteiger partial charge on any atom is 0.101 e. The highest BCUT2D eigenvalue weighted by atomic mass is 32.1. The third-order valence-electron chi connectivity index (χ3n) is 5.54. The number of rotatable bonds is 12. The lowest BCUT2D eigenvalue weighted by Crippen LogP contribution is -1.94. The molecule has 35 heavy (non-hydrogen) atoms. The Labute approximate surface area is 219 Å². The van der Waals surface area contributed by atoms with Gasteiger partial charge in [0.05, 0.1) is 11.1 Å². The molecule has 3 aromatic rings. The molecule has 0 aliphatic carbocycles. The normalized spacial score (nSPS) is 11.8. The summed E-state index contributed by atoms with van der Waals surface area (Å²) >= 11 is 5.17. The van der Waals surface area contributed by atoms with E-state index in [4.69, 9.17) is 10.8 Å². The minimum Gasteiger partial charge on any atom is -0.307 e. The lowest BCUT2D eigenvalue weighted by molar-refractivity contribution is 0.764. The molecular weight excluding hydrogens is 489 g/mol. The van der Waals surface area contributed by atoms with E-state index < -0.39 is 0 Å². The van der Waals surface area contributed by atoms with E-state index in [1.165, 1.54) is 30.6 Å². The fraction of sp³-hybridized carbons (Fsp3) is 0.286. The number of unbranched alkanes of at least 4 members (excludes halogenated alkanes) is 2. The predicted octanol–water partition coefficient (Wildman–Crippen LogP) is 9.00. The Morgan fingerprint density at radius 2 is 1.17 bits per heavy atom. The zero-order chi connectivity index (χ0) is 25.2. The molecule has 0 aliphatic rings. The van der Waals surface area contributed by atoms with Crippen LogP contribution in [0.25, 0.3) is 31.7 Å². The van der Waals surface area contributed by atoms with Gasteiger partial charge in [-0.1, -0.05) is 26.7 Å². The number of nitriles is 2. The number of hydrogen-bond acceptors (Lipinski definition) is 7. The van der Waals surface area contributed by atoms with Crippen molar-refractivity contribution < 1.29 is 0 Å². The molecule has 3 rings (SSSR count). The van der Waals surface area contributed by atoms with E-state index in [1.807, 2.05) is 23.5 Å². The van der Waals surface area contributed by atoms with Crippen LogP contribution in [-0.2, 0) is 12.8 Å². The van der Waals surface area contributed by atoms with Gasteiger partial charge in [0.15, 0.2) is 0 Å². The van der Waals surface area contributed by atoms with Crippen LogP contribution in [0.15, 0.2) is 35.4 Å². The number of nitrogens with one attached hydrogen (secondary N) is 2. The lowest BCUT2D eigenvalue weighted by Gasteiger charge is -2.08. The molecule has 7 heteroatoms. The van der Waals surface area contributed by atoms with Crippen molar-refractivity contribution in [2.45, 2.75) is 52.4 Å². The first kappa shape index (κ1) is 26.5. The van der Waals surface area contributed by atoms with Gasteiger partial charge in [-0.05, 0) is 73.2 Å². The second-order valence-electron chi connectivity index (χ2n) is 8.04. The summed E-state index contributed by atoms with van der Waals surface area (Å²) in [6, 6.07) is 12.5. The quantitative estimate of drug-likeness (QED) is 0.185. The highest BCUT2D eigenvalue weighted by molar-refractivity contribution is 7.27. The van der Waals surface area contributed by atoms with Crippen LogP contribution in [-0.4, -0.2) is 12.4 Å². The minimum atomic E-state index is 0.348. The molecule has 178 valence electrons. The highest BCUT2D eigenvalue weighted by Gasteiger charge is 2.21. The van der Waals surface area contributed by atoms with Crippen molar-refractivity contribution in [2.24, 2.45) is 0 Å². The average molecular weight is 517 g/mol. The first-order valence-corrected chi connectivity index (χ1v) is 14.1. The Kier molecular flexibility index (Phi) is 9.93. The Morgan fingerprint density at radius 1 is 0.743 bits per heavy atom. The van der Waals surface area contributed by atoms with Gasteiger partial charge >= 0.3 is 0 Å². The zero-order valence-corrected chi connectivity index (χ0v) is 22.4. The Morgan fingerprint density at radius 3 is 1.51 bits per heavy atom. The number of allylic oxidation sites excluding steroid dienone is 2. The first-order valence-electron chi connectivity index (χ1n) is 11.7. The summed E-state index contributed by atoms with van der Waals surface area (Å²) in [5.74, 6) is 0. The topological polar surface area (TPSA) is 95.3 Å². The minimum absolute atomic E-state index is 0.348. The van der Waals surface area contributed by atoms with Crippen LogP contribution in [0.4, 0.5) is 0 Å². The predicted molar refractivity (Wildman–Crippen MR) is 153 cm³/mol. The van der Waals surface area contributed by atoms with Crippen molar-refractivity contribution in [1.29, 1.82) is 21.3 Å². The molecule has 0 bridgehead atoms. The summed E-state index contributed by atoms with van der Waals surface area (Å²) in [5, 5.41) is 33.2. The summed E-state index contributed by atoms with van der Waals surface area (Å²) < 4.78 is 0. The van der Waals surface area contributed by atoms with Crippen molar-refractivity contribution >= 4 is 58.6 Å². The fourth-order valence-electron chi connectivity index (χ4n) is 3.76. The number of thiophene rings is 3. The van der Waals surface area contributed by atoms with Gasteiger partial charge < -0.3 is 10.8 Å². The van der Waals surface area contributed by atoms with Crippen LogP contribution in [0.5, 0.6) is 0 Å². The van der Waals surface area contributed by atoms with Gasteiger partial charge in [-0.3, -0.25) is 0 Å². The Bertz CT molecular complexity index is 1230. The molecule has 4 nitrogen and oxygen atoms in total. The third-order valence-corrected chi connectivity index (χ3v) is 9.24. The van der Waals surface area contributed by atoms with Crippen LogP contribution in [0.3, 0.4) is 0 Å². The number of hydrogen-bond donors (Lipinski definition) is 2. The second kappa shape index (κ2) is 13.1. The summed E-state index contributed by atoms with van der Waals surface area (Å²) in [4.78, 5) is 6.97. The molecule has 0 atom stereocenters. The van der Waals surface area contributed by atoms with Crippen molar-refractivity contribution in [2.75, 3.05) is 0 Å². The molecule has 0 fully saturated rings. The monoisotopic (exact) mass is 516 g/mol. The van der Waals surface area contributed by atoms with Crippen molar-refractivity contribution in [1.82, 2.24) is 0 Å². The van der Waals surface area contributed by atoms with E-state index in [1.54, 1.807) is 34.8 Å². The standard InChI is InChI=1S/C28H28N4S3/c1-3-5-7-23-24(8-6-4-2)28(26-12-10-22(34-26)14-20(17-31)18-32)35-27(23)25-11-9-21(33-25)13-19(15-29)16-30/h9-15,17,29,31H,3-8H2,1-2H3/b19-13-,20-14+,29-15?,31-17?. The third kappa shape index (κ3) is 6.52. The van der Waals surface area contributed by atoms with Gasteiger partial charge in [0.1, 0.15) is 12.1 Å². The summed E-state index contributed by atoms with van der Waals surface area (Å²) in [5.41, 5.74) is 3.57. The van der Waals surface area contributed by atoms with Crippen LogP contribution in [0, 0.1) is 33.5 Å². The van der Waals surface area contributed by atoms with Crippen LogP contribution >= 0.6 is 34.0 Å². The summed E-state index contributed by atoms with van der Waals surface area (Å²) in [6.07, 6.45) is 12.4. The van der Waals surface area contributed by atoms with E-state index in [0.717, 1.165) is 60.7 Å². The van der Waals surface area contributed by atoms with Crippen LogP contribution < -0.4 is 0 Å². The molecular formula is C28H28N4S3. The molecule has 0 saturated heterocycles. The molecule has 2 N–H and O–H groups in total. The van der Waals surface area contributed by atoms with Gasteiger partial charge in [0.25, 0.3) is 0 Å². The molecule has 0 spiro atoms. The summed E-state index contributed by atoms with van der Waals surface area (Å²) in [7, 11) is 0. The van der Waals surface area contributed by atoms with Gasteiger partial charge in [-0.2, -0.15) is 10.5 Å². The molecule has 0 aliphatic heterocycles. The van der Waals surface area contributed by atoms with Gasteiger partial charge in [-0.25, -0.2) is 0 Å². The second-order valence-corrected chi connectivity index (χ2v) is 11.3. The van der Waals surface area contributed by atoms with E-state index in [-0.39, 0.29) is 0 Å². The molecule has 0 aromatic carbocycles. The average Bonchev–Trinajstić information content (AvgIpc) is 3.61. The smallest absolute Gasteiger partial charge is 0.101 e. The molecule has 0 unspecified atom stereocenters. The van der Waals surface area contributed by atoms with Crippen LogP contribution in [0.2, 0.25) is 0 Å². The highest BCUT2D eigenvalue weighted by Crippen LogP contribution is 2.47. The first-order chi connectivity index (χ1) is 17.1. The maximum atomic E-state index is 9.19. The molecule has 3 aromatic heterocycles. The SMILES string of the molecule is CCCCc1c(-c2ccc(/C=C(\C#N)C=N)s2)sc(-c2ccc(/C=C(/C#N)C=N)s2)c1CCCC. The van der Waals surface area contributed by atoms with E-state index in [2.05, 4.69) is 38.1 Å². The van der Waals surface area contributed by atoms with E-state index in [9.17, 15) is 10.5 Å². The largest absolute Gasteiger partial charge is 0.307 e. The molecule has 0 saturated carbocycles. The van der Waals surface area contributed by atoms with Crippen molar-refractivity contribution in [3.63, 3.8) is 0 Å². The maximum absolute atomic E-state index is 9.19. The number of nitrogens with zero attached hydrogens (tertiary/aromatic N) is 2. The zero-order valence-electron chi connectivity index (χ0n) is 20.0. The fourth-order valence-corrected chi connectivity index (χ4v) is 7.35. The summed E-state index contributed by atoms with van der Waals surface area (Å²) in [6.45, 7) is 4.45. The Hall–Kier alpha value is -3.10. The lowest BCUT2D eigenvalue weighted by atomic mass is 9.97. The Balaban J connectivity index is 2.14. The van der Waals surface area contributed by atoms with Crippen LogP contribution in [0.1, 0.15) is 60.4 Å². The van der Waals surface area contributed by atoms with Gasteiger partial charge in [0, 0.05) is 41.7 Å². The molecule has 0 amide bonds. The van der Waals surface area contributed by atoms with Crippen molar-refractivity contribution in [3.8, 4) is 31.6 Å². The van der Waals surface area contributed by atoms with Gasteiger partial charge in [0.2, 0.25) is 0 Å². The van der Waals surface area contributed by atoms with Crippen molar-refractivity contribution in [3.05, 3.63) is 56.3 Å².